The maximum Gasteiger partial charge on any atom is 0.0629 e. The second-order valence-electron chi connectivity index (χ2n) is 3.21. The maximum atomic E-state index is 8.02. The van der Waals surface area contributed by atoms with Crippen molar-refractivity contribution in [2.75, 3.05) is 0 Å². The third kappa shape index (κ3) is 1.01. The number of hydrogen-bond donors (Lipinski definition) is 0. The van der Waals surface area contributed by atoms with E-state index in [1.807, 2.05) is 30.3 Å². The van der Waals surface area contributed by atoms with Crippen molar-refractivity contribution in [3.8, 4) is 0 Å². The minimum Gasteiger partial charge on any atom is -0.0616 e. The van der Waals surface area contributed by atoms with Gasteiger partial charge in [0, 0.05) is 0 Å². The van der Waals surface area contributed by atoms with Gasteiger partial charge in [-0.2, -0.15) is 0 Å². The topological polar surface area (TPSA) is 0 Å². The average Bonchev–Trinajstić information content (AvgIpc) is 2.41. The first-order chi connectivity index (χ1) is 8.61. The summed E-state index contributed by atoms with van der Waals surface area (Å²) in [4.78, 5) is 0. The molecule has 0 aliphatic rings. The van der Waals surface area contributed by atoms with Crippen LogP contribution in [-0.4, -0.2) is 0 Å². The van der Waals surface area contributed by atoms with E-state index >= 15 is 0 Å². The number of benzene rings is 3. The Kier molecular flexibility index (Phi) is 0.936. The van der Waals surface area contributed by atoms with E-state index in [4.69, 9.17) is 5.48 Å². The van der Waals surface area contributed by atoms with Crippen molar-refractivity contribution in [3.63, 3.8) is 0 Å². The van der Waals surface area contributed by atoms with Gasteiger partial charge in [0.1, 0.15) is 0 Å². The van der Waals surface area contributed by atoms with E-state index in [9.17, 15) is 0 Å². The van der Waals surface area contributed by atoms with Crippen LogP contribution in [-0.2, 0) is 0 Å². The molecule has 3 aromatic carbocycles. The summed E-state index contributed by atoms with van der Waals surface area (Å²) in [5.74, 6) is 0. The zero-order valence-corrected chi connectivity index (χ0v) is 7.46. The van der Waals surface area contributed by atoms with Gasteiger partial charge in [-0.25, -0.2) is 0 Å². The van der Waals surface area contributed by atoms with E-state index in [0.717, 1.165) is 10.8 Å². The lowest BCUT2D eigenvalue weighted by molar-refractivity contribution is 1.76. The standard InChI is InChI=1S/C14H10/c1-3-7-13-11(5-1)9-10-12-6-2-4-8-14(12)13/h1-10H/i1D,3D,5D,7D. The Hall–Kier alpha value is -1.82. The third-order valence-electron chi connectivity index (χ3n) is 2.38. The lowest BCUT2D eigenvalue weighted by atomic mass is 10.0. The van der Waals surface area contributed by atoms with Crippen LogP contribution >= 0.6 is 0 Å². The van der Waals surface area contributed by atoms with Crippen molar-refractivity contribution in [2.24, 2.45) is 0 Å². The molecule has 0 fully saturated rings. The highest BCUT2D eigenvalue weighted by Crippen LogP contribution is 2.24. The van der Waals surface area contributed by atoms with Crippen LogP contribution < -0.4 is 0 Å². The molecular weight excluding hydrogens is 168 g/mol. The van der Waals surface area contributed by atoms with Gasteiger partial charge in [0.05, 0.1) is 5.48 Å². The van der Waals surface area contributed by atoms with E-state index < -0.39 is 0 Å². The van der Waals surface area contributed by atoms with Crippen LogP contribution in [0.3, 0.4) is 0 Å². The molecule has 3 rings (SSSR count). The minimum atomic E-state index is -0.178. The quantitative estimate of drug-likeness (QED) is 0.461. The van der Waals surface area contributed by atoms with Crippen LogP contribution in [0.15, 0.2) is 60.6 Å². The van der Waals surface area contributed by atoms with Crippen molar-refractivity contribution in [3.05, 3.63) is 60.6 Å². The Morgan fingerprint density at radius 1 is 0.714 bits per heavy atom. The van der Waals surface area contributed by atoms with Gasteiger partial charge in [-0.15, -0.1) is 0 Å². The van der Waals surface area contributed by atoms with E-state index in [-0.39, 0.29) is 24.2 Å². The van der Waals surface area contributed by atoms with Gasteiger partial charge in [-0.05, 0) is 21.5 Å². The fourth-order valence-corrected chi connectivity index (χ4v) is 1.70. The molecule has 3 aromatic rings. The van der Waals surface area contributed by atoms with Gasteiger partial charge in [-0.3, -0.25) is 0 Å². The molecule has 0 heterocycles. The molecule has 0 nitrogen and oxygen atoms in total. The highest BCUT2D eigenvalue weighted by atomic mass is 14.0. The third-order valence-corrected chi connectivity index (χ3v) is 2.38. The first kappa shape index (κ1) is 4.61. The average molecular weight is 182 g/mol. The van der Waals surface area contributed by atoms with Gasteiger partial charge in [0.2, 0.25) is 0 Å². The van der Waals surface area contributed by atoms with Gasteiger partial charge in [0.15, 0.2) is 0 Å². The van der Waals surface area contributed by atoms with Crippen LogP contribution in [0.1, 0.15) is 5.48 Å². The van der Waals surface area contributed by atoms with Crippen LogP contribution in [0.5, 0.6) is 0 Å². The second kappa shape index (κ2) is 2.85. The van der Waals surface area contributed by atoms with Gasteiger partial charge in [0.25, 0.3) is 0 Å². The molecule has 0 radical (unpaired) electrons. The van der Waals surface area contributed by atoms with Crippen molar-refractivity contribution in [1.29, 1.82) is 0 Å². The van der Waals surface area contributed by atoms with Crippen molar-refractivity contribution >= 4 is 21.5 Å². The smallest absolute Gasteiger partial charge is 0.0616 e. The summed E-state index contributed by atoms with van der Waals surface area (Å²) in [7, 11) is 0. The number of fused-ring (bicyclic) bond motifs is 3. The summed E-state index contributed by atoms with van der Waals surface area (Å²) in [6, 6.07) is 11.0. The van der Waals surface area contributed by atoms with Crippen molar-refractivity contribution < 1.29 is 5.48 Å². The Morgan fingerprint density at radius 3 is 2.50 bits per heavy atom. The largest absolute Gasteiger partial charge is 0.0629 e. The summed E-state index contributed by atoms with van der Waals surface area (Å²) >= 11 is 0. The van der Waals surface area contributed by atoms with Gasteiger partial charge in [-0.1, -0.05) is 60.6 Å². The molecule has 0 bridgehead atoms. The Morgan fingerprint density at radius 2 is 1.50 bits per heavy atom. The summed E-state index contributed by atoms with van der Waals surface area (Å²) < 4.78 is 31.4. The van der Waals surface area contributed by atoms with E-state index in [0.29, 0.717) is 10.8 Å². The maximum absolute atomic E-state index is 8.02. The number of rotatable bonds is 0. The van der Waals surface area contributed by atoms with E-state index in [1.165, 1.54) is 0 Å². The molecule has 0 aliphatic heterocycles. The van der Waals surface area contributed by atoms with E-state index in [2.05, 4.69) is 0 Å². The summed E-state index contributed by atoms with van der Waals surface area (Å²) in [5.41, 5.74) is 0. The molecule has 0 aliphatic carbocycles. The summed E-state index contributed by atoms with van der Waals surface area (Å²) in [6.07, 6.45) is 0. The molecular formula is C14H10. The van der Waals surface area contributed by atoms with Crippen LogP contribution in [0, 0.1) is 0 Å². The molecule has 0 heteroatoms. The van der Waals surface area contributed by atoms with Crippen LogP contribution in [0.2, 0.25) is 0 Å². The Balaban J connectivity index is 2.66. The predicted molar refractivity (Wildman–Crippen MR) is 61.5 cm³/mol. The zero-order chi connectivity index (χ0) is 12.9. The molecule has 66 valence electrons. The molecule has 0 aromatic heterocycles. The first-order valence-electron chi connectivity index (χ1n) is 6.49. The first-order valence-corrected chi connectivity index (χ1v) is 4.49. The van der Waals surface area contributed by atoms with Gasteiger partial charge >= 0.3 is 0 Å². The molecule has 0 N–H and O–H groups in total. The predicted octanol–water partition coefficient (Wildman–Crippen LogP) is 3.99. The molecule has 0 saturated heterocycles. The normalized spacial score (nSPS) is 14.9. The summed E-state index contributed by atoms with van der Waals surface area (Å²) in [5, 5.41) is 3.01. The Labute approximate surface area is 88.4 Å². The van der Waals surface area contributed by atoms with E-state index in [1.54, 1.807) is 6.07 Å². The molecule has 0 amide bonds. The summed E-state index contributed by atoms with van der Waals surface area (Å²) in [6.45, 7) is 0. The van der Waals surface area contributed by atoms with Crippen LogP contribution in [0.4, 0.5) is 0 Å². The fourth-order valence-electron chi connectivity index (χ4n) is 1.70. The van der Waals surface area contributed by atoms with Gasteiger partial charge < -0.3 is 0 Å². The number of hydrogen-bond acceptors (Lipinski definition) is 0. The molecule has 0 spiro atoms. The van der Waals surface area contributed by atoms with Crippen LogP contribution in [0.25, 0.3) is 21.5 Å². The Bertz CT molecular complexity index is 778. The molecule has 14 heavy (non-hydrogen) atoms. The lowest BCUT2D eigenvalue weighted by Crippen LogP contribution is -1.75. The molecule has 0 saturated carbocycles. The monoisotopic (exact) mass is 182 g/mol. The fraction of sp³-hybridized carbons (Fsp3) is 0. The van der Waals surface area contributed by atoms with Crippen molar-refractivity contribution in [1.82, 2.24) is 0 Å². The zero-order valence-electron chi connectivity index (χ0n) is 11.5. The lowest BCUT2D eigenvalue weighted by Gasteiger charge is -2.02. The molecule has 0 atom stereocenters. The highest BCUT2D eigenvalue weighted by molar-refractivity contribution is 6.07. The van der Waals surface area contributed by atoms with Crippen molar-refractivity contribution in [2.45, 2.75) is 0 Å². The molecule has 0 unspecified atom stereocenters. The second-order valence-corrected chi connectivity index (χ2v) is 3.21. The highest BCUT2D eigenvalue weighted by Gasteiger charge is 1.97. The SMILES string of the molecule is [2H]c1c([2H])c([2H])c2c(ccc3ccccc32)c1[2H]. The minimum absolute atomic E-state index is 0.0248.